The number of primary amides is 1. The van der Waals surface area contributed by atoms with Crippen LogP contribution in [-0.2, 0) is 11.3 Å². The number of hydrogen-bond acceptors (Lipinski definition) is 4. The van der Waals surface area contributed by atoms with E-state index in [1.807, 2.05) is 17.0 Å². The number of hydrogen-bond donors (Lipinski definition) is 2. The second-order valence-corrected chi connectivity index (χ2v) is 6.73. The van der Waals surface area contributed by atoms with Crippen LogP contribution in [0.5, 0.6) is 5.75 Å². The lowest BCUT2D eigenvalue weighted by atomic mass is 9.92. The molecule has 134 valence electrons. The quantitative estimate of drug-likeness (QED) is 0.756. The van der Waals surface area contributed by atoms with E-state index in [1.165, 1.54) is 5.56 Å². The Morgan fingerprint density at radius 3 is 2.81 bits per heavy atom. The fourth-order valence-electron chi connectivity index (χ4n) is 3.56. The summed E-state index contributed by atoms with van der Waals surface area (Å²) in [5.74, 6) is -0.216. The zero-order chi connectivity index (χ0) is 18.1. The summed E-state index contributed by atoms with van der Waals surface area (Å²) >= 11 is 0. The molecular weight excluding hydrogens is 330 g/mol. The minimum absolute atomic E-state index is 0.0961. The van der Waals surface area contributed by atoms with Crippen molar-refractivity contribution in [1.29, 1.82) is 0 Å². The number of nitrogens with zero attached hydrogens (tertiary/aromatic N) is 2. The maximum absolute atomic E-state index is 11.2. The summed E-state index contributed by atoms with van der Waals surface area (Å²) in [7, 11) is 0. The van der Waals surface area contributed by atoms with Gasteiger partial charge in [0, 0.05) is 37.5 Å². The first-order valence-electron chi connectivity index (χ1n) is 8.76. The standard InChI is InChI=1S/C20H21N3O3/c21-19(25)17-2-1-13(9-18(17)24)12-23-6-3-15-10-16(11-22-20(15)23)14-4-7-26-8-5-14/h1-3,6,9-11,14,24H,4-5,7-8,12H2,(H2,21,25). The van der Waals surface area contributed by atoms with Crippen molar-refractivity contribution in [3.8, 4) is 5.75 Å². The monoisotopic (exact) mass is 351 g/mol. The summed E-state index contributed by atoms with van der Waals surface area (Å²) in [6, 6.07) is 9.19. The lowest BCUT2D eigenvalue weighted by Crippen LogP contribution is -2.14. The van der Waals surface area contributed by atoms with E-state index in [1.54, 1.807) is 18.2 Å². The largest absolute Gasteiger partial charge is 0.507 e. The summed E-state index contributed by atoms with van der Waals surface area (Å²) < 4.78 is 7.47. The van der Waals surface area contributed by atoms with E-state index in [9.17, 15) is 9.90 Å². The highest BCUT2D eigenvalue weighted by molar-refractivity contribution is 5.95. The van der Waals surface area contributed by atoms with Crippen LogP contribution < -0.4 is 5.73 Å². The van der Waals surface area contributed by atoms with Crippen molar-refractivity contribution in [2.75, 3.05) is 13.2 Å². The second kappa shape index (κ2) is 6.80. The van der Waals surface area contributed by atoms with Gasteiger partial charge in [0.1, 0.15) is 11.4 Å². The number of benzene rings is 1. The average molecular weight is 351 g/mol. The molecule has 6 nitrogen and oxygen atoms in total. The van der Waals surface area contributed by atoms with E-state index in [0.717, 1.165) is 42.7 Å². The first kappa shape index (κ1) is 16.6. The predicted molar refractivity (Wildman–Crippen MR) is 98.3 cm³/mol. The van der Waals surface area contributed by atoms with Gasteiger partial charge in [0.2, 0.25) is 0 Å². The zero-order valence-corrected chi connectivity index (χ0v) is 14.4. The van der Waals surface area contributed by atoms with E-state index >= 15 is 0 Å². The molecular formula is C20H21N3O3. The number of amides is 1. The topological polar surface area (TPSA) is 90.4 Å². The average Bonchev–Trinajstić information content (AvgIpc) is 3.04. The minimum atomic E-state index is -0.636. The van der Waals surface area contributed by atoms with E-state index in [4.69, 9.17) is 10.5 Å². The Hall–Kier alpha value is -2.86. The van der Waals surface area contributed by atoms with Crippen molar-refractivity contribution in [2.24, 2.45) is 5.73 Å². The lowest BCUT2D eigenvalue weighted by Gasteiger charge is -2.22. The first-order chi connectivity index (χ1) is 12.6. The van der Waals surface area contributed by atoms with Gasteiger partial charge >= 0.3 is 0 Å². The molecule has 1 fully saturated rings. The van der Waals surface area contributed by atoms with Crippen LogP contribution in [0.15, 0.2) is 42.7 Å². The molecule has 6 heteroatoms. The fraction of sp³-hybridized carbons (Fsp3) is 0.300. The number of nitrogens with two attached hydrogens (primary N) is 1. The minimum Gasteiger partial charge on any atom is -0.507 e. The Balaban J connectivity index is 1.59. The van der Waals surface area contributed by atoms with Crippen molar-refractivity contribution in [3.63, 3.8) is 0 Å². The highest BCUT2D eigenvalue weighted by Gasteiger charge is 2.17. The van der Waals surface area contributed by atoms with E-state index in [0.29, 0.717) is 12.5 Å². The summed E-state index contributed by atoms with van der Waals surface area (Å²) in [5.41, 5.74) is 8.40. The van der Waals surface area contributed by atoms with Crippen molar-refractivity contribution < 1.29 is 14.6 Å². The molecule has 26 heavy (non-hydrogen) atoms. The van der Waals surface area contributed by atoms with Gasteiger partial charge in [-0.3, -0.25) is 4.79 Å². The number of rotatable bonds is 4. The molecule has 2 aromatic heterocycles. The number of aromatic hydroxyl groups is 1. The van der Waals surface area contributed by atoms with Crippen molar-refractivity contribution in [2.45, 2.75) is 25.3 Å². The summed E-state index contributed by atoms with van der Waals surface area (Å²) in [6.45, 7) is 2.18. The Kier molecular flexibility index (Phi) is 4.34. The molecule has 0 radical (unpaired) electrons. The van der Waals surface area contributed by atoms with Crippen molar-refractivity contribution in [3.05, 3.63) is 59.4 Å². The van der Waals surface area contributed by atoms with Crippen LogP contribution in [0.4, 0.5) is 0 Å². The van der Waals surface area contributed by atoms with Gasteiger partial charge in [-0.25, -0.2) is 4.98 Å². The third-order valence-electron chi connectivity index (χ3n) is 5.00. The van der Waals surface area contributed by atoms with Gasteiger partial charge in [-0.2, -0.15) is 0 Å². The number of aromatic nitrogens is 2. The summed E-state index contributed by atoms with van der Waals surface area (Å²) in [4.78, 5) is 15.9. The lowest BCUT2D eigenvalue weighted by molar-refractivity contribution is 0.0853. The molecule has 3 aromatic rings. The van der Waals surface area contributed by atoms with Gasteiger partial charge in [0.25, 0.3) is 5.91 Å². The fourth-order valence-corrected chi connectivity index (χ4v) is 3.56. The molecule has 1 amide bonds. The third-order valence-corrected chi connectivity index (χ3v) is 5.00. The zero-order valence-electron chi connectivity index (χ0n) is 14.4. The molecule has 0 unspecified atom stereocenters. The molecule has 1 aromatic carbocycles. The highest BCUT2D eigenvalue weighted by atomic mass is 16.5. The molecule has 0 spiro atoms. The Bertz CT molecular complexity index is 958. The number of carbonyl (C=O) groups is 1. The maximum atomic E-state index is 11.2. The van der Waals surface area contributed by atoms with Gasteiger partial charge in [-0.1, -0.05) is 6.07 Å². The van der Waals surface area contributed by atoms with Gasteiger partial charge in [-0.15, -0.1) is 0 Å². The molecule has 0 saturated carbocycles. The Labute approximate surface area is 151 Å². The van der Waals surface area contributed by atoms with Gasteiger partial charge in [0.15, 0.2) is 0 Å². The van der Waals surface area contributed by atoms with E-state index in [-0.39, 0.29) is 11.3 Å². The van der Waals surface area contributed by atoms with Crippen LogP contribution in [-0.4, -0.2) is 33.8 Å². The molecule has 3 heterocycles. The smallest absolute Gasteiger partial charge is 0.252 e. The van der Waals surface area contributed by atoms with Gasteiger partial charge in [-0.05, 0) is 54.2 Å². The van der Waals surface area contributed by atoms with E-state index < -0.39 is 5.91 Å². The molecule has 4 rings (SSSR count). The SMILES string of the molecule is NC(=O)c1ccc(Cn2ccc3cc(C4CCOCC4)cnc32)cc1O. The molecule has 3 N–H and O–H groups in total. The normalized spacial score (nSPS) is 15.4. The van der Waals surface area contributed by atoms with Crippen LogP contribution >= 0.6 is 0 Å². The molecule has 1 aliphatic heterocycles. The molecule has 0 bridgehead atoms. The van der Waals surface area contributed by atoms with Crippen LogP contribution in [0.3, 0.4) is 0 Å². The number of fused-ring (bicyclic) bond motifs is 1. The number of carbonyl (C=O) groups excluding carboxylic acids is 1. The summed E-state index contributed by atoms with van der Waals surface area (Å²) in [5, 5.41) is 11.1. The Morgan fingerprint density at radius 2 is 2.08 bits per heavy atom. The number of phenols is 1. The second-order valence-electron chi connectivity index (χ2n) is 6.73. The predicted octanol–water partition coefficient (Wildman–Crippen LogP) is 2.78. The van der Waals surface area contributed by atoms with Crippen LogP contribution in [0.25, 0.3) is 11.0 Å². The highest BCUT2D eigenvalue weighted by Crippen LogP contribution is 2.29. The molecule has 1 saturated heterocycles. The van der Waals surface area contributed by atoms with Crippen molar-refractivity contribution >= 4 is 16.9 Å². The van der Waals surface area contributed by atoms with Crippen LogP contribution in [0, 0.1) is 0 Å². The van der Waals surface area contributed by atoms with Crippen molar-refractivity contribution in [1.82, 2.24) is 9.55 Å². The van der Waals surface area contributed by atoms with Crippen LogP contribution in [0.1, 0.15) is 40.2 Å². The maximum Gasteiger partial charge on any atom is 0.252 e. The molecule has 0 atom stereocenters. The molecule has 0 aliphatic carbocycles. The number of ether oxygens (including phenoxy) is 1. The summed E-state index contributed by atoms with van der Waals surface area (Å²) in [6.07, 6.45) is 6.03. The Morgan fingerprint density at radius 1 is 1.27 bits per heavy atom. The van der Waals surface area contributed by atoms with Gasteiger partial charge < -0.3 is 20.1 Å². The third kappa shape index (κ3) is 3.15. The first-order valence-corrected chi connectivity index (χ1v) is 8.76. The van der Waals surface area contributed by atoms with Gasteiger partial charge in [0.05, 0.1) is 5.56 Å². The number of pyridine rings is 1. The van der Waals surface area contributed by atoms with Crippen LogP contribution in [0.2, 0.25) is 0 Å². The van der Waals surface area contributed by atoms with E-state index in [2.05, 4.69) is 17.1 Å². The molecule has 1 aliphatic rings.